The fraction of sp³-hybridized carbons (Fsp3) is 0.200. The first-order valence-electron chi connectivity index (χ1n) is 6.36. The van der Waals surface area contributed by atoms with Crippen molar-refractivity contribution >= 4 is 33.2 Å². The summed E-state index contributed by atoms with van der Waals surface area (Å²) in [5, 5.41) is 4.71. The molecule has 20 heavy (non-hydrogen) atoms. The lowest BCUT2D eigenvalue weighted by Crippen LogP contribution is -1.95. The summed E-state index contributed by atoms with van der Waals surface area (Å²) >= 11 is 9.68. The minimum atomic E-state index is 0.520. The zero-order chi connectivity index (χ0) is 14.3. The lowest BCUT2D eigenvalue weighted by atomic mass is 10.0. The van der Waals surface area contributed by atoms with E-state index in [1.807, 2.05) is 6.07 Å². The smallest absolute Gasteiger partial charge is 0.171 e. The Kier molecular flexibility index (Phi) is 3.52. The number of nitrogens with zero attached hydrogens (tertiary/aromatic N) is 3. The summed E-state index contributed by atoms with van der Waals surface area (Å²) in [6.07, 6.45) is 1.69. The molecule has 3 aromatic rings. The van der Waals surface area contributed by atoms with Gasteiger partial charge < -0.3 is 0 Å². The van der Waals surface area contributed by atoms with E-state index >= 15 is 0 Å². The van der Waals surface area contributed by atoms with Gasteiger partial charge in [0.1, 0.15) is 5.15 Å². The van der Waals surface area contributed by atoms with Gasteiger partial charge >= 0.3 is 0 Å². The maximum atomic E-state index is 6.25. The lowest BCUT2D eigenvalue weighted by molar-refractivity contribution is 0.867. The van der Waals surface area contributed by atoms with Crippen LogP contribution in [-0.4, -0.2) is 14.6 Å². The summed E-state index contributed by atoms with van der Waals surface area (Å²) in [6.45, 7) is 4.36. The highest BCUT2D eigenvalue weighted by Gasteiger charge is 2.10. The van der Waals surface area contributed by atoms with Crippen LogP contribution in [0.5, 0.6) is 0 Å². The van der Waals surface area contributed by atoms with Crippen LogP contribution in [0.3, 0.4) is 0 Å². The average Bonchev–Trinajstić information content (AvgIpc) is 2.81. The fourth-order valence-electron chi connectivity index (χ4n) is 2.09. The maximum absolute atomic E-state index is 6.25. The van der Waals surface area contributed by atoms with Gasteiger partial charge in [-0.05, 0) is 27.4 Å². The number of fused-ring (bicyclic) bond motifs is 1. The molecule has 5 heteroatoms. The maximum Gasteiger partial charge on any atom is 0.171 e. The van der Waals surface area contributed by atoms with Gasteiger partial charge in [0.2, 0.25) is 0 Å². The SMILES string of the molecule is CC(C)c1ccc(-c2cc(Cl)n3ncc(Br)c3n2)cc1. The van der Waals surface area contributed by atoms with Crippen LogP contribution in [0.4, 0.5) is 0 Å². The standard InChI is InChI=1S/C15H13BrClN3/c1-9(2)10-3-5-11(6-4-10)13-7-14(17)20-15(19-13)12(16)8-18-20/h3-9H,1-2H3. The van der Waals surface area contributed by atoms with E-state index in [1.165, 1.54) is 5.56 Å². The average molecular weight is 351 g/mol. The molecule has 0 aliphatic carbocycles. The van der Waals surface area contributed by atoms with Crippen molar-refractivity contribution in [3.63, 3.8) is 0 Å². The highest BCUT2D eigenvalue weighted by Crippen LogP contribution is 2.26. The van der Waals surface area contributed by atoms with Gasteiger partial charge in [0.05, 0.1) is 16.4 Å². The van der Waals surface area contributed by atoms with E-state index in [-0.39, 0.29) is 0 Å². The van der Waals surface area contributed by atoms with Gasteiger partial charge in [0.15, 0.2) is 5.65 Å². The molecule has 0 radical (unpaired) electrons. The van der Waals surface area contributed by atoms with Gasteiger partial charge in [0.25, 0.3) is 0 Å². The molecular weight excluding hydrogens is 338 g/mol. The van der Waals surface area contributed by atoms with E-state index in [1.54, 1.807) is 10.7 Å². The Labute approximate surface area is 130 Å². The largest absolute Gasteiger partial charge is 0.227 e. The topological polar surface area (TPSA) is 30.2 Å². The molecule has 0 fully saturated rings. The number of hydrogen-bond donors (Lipinski definition) is 0. The Morgan fingerprint density at radius 3 is 2.55 bits per heavy atom. The molecule has 0 amide bonds. The Morgan fingerprint density at radius 2 is 1.90 bits per heavy atom. The Balaban J connectivity index is 2.11. The van der Waals surface area contributed by atoms with Crippen LogP contribution in [0.1, 0.15) is 25.3 Å². The third-order valence-electron chi connectivity index (χ3n) is 3.26. The van der Waals surface area contributed by atoms with E-state index in [0.717, 1.165) is 21.4 Å². The van der Waals surface area contributed by atoms with E-state index in [0.29, 0.717) is 11.1 Å². The van der Waals surface area contributed by atoms with Crippen LogP contribution in [0.25, 0.3) is 16.9 Å². The molecule has 0 saturated carbocycles. The third kappa shape index (κ3) is 2.34. The number of aromatic nitrogens is 3. The van der Waals surface area contributed by atoms with Gasteiger partial charge in [-0.2, -0.15) is 5.10 Å². The van der Waals surface area contributed by atoms with Gasteiger partial charge in [-0.15, -0.1) is 0 Å². The molecule has 0 bridgehead atoms. The molecule has 102 valence electrons. The van der Waals surface area contributed by atoms with Crippen LogP contribution < -0.4 is 0 Å². The summed E-state index contributed by atoms with van der Waals surface area (Å²) in [6, 6.07) is 10.2. The quantitative estimate of drug-likeness (QED) is 0.613. The summed E-state index contributed by atoms with van der Waals surface area (Å²) in [4.78, 5) is 4.61. The van der Waals surface area contributed by atoms with Gasteiger partial charge in [-0.1, -0.05) is 49.7 Å². The summed E-state index contributed by atoms with van der Waals surface area (Å²) in [5.41, 5.74) is 3.93. The Morgan fingerprint density at radius 1 is 1.20 bits per heavy atom. The summed E-state index contributed by atoms with van der Waals surface area (Å²) in [5.74, 6) is 0.520. The summed E-state index contributed by atoms with van der Waals surface area (Å²) in [7, 11) is 0. The van der Waals surface area contributed by atoms with Crippen molar-refractivity contribution in [2.75, 3.05) is 0 Å². The van der Waals surface area contributed by atoms with Crippen LogP contribution in [-0.2, 0) is 0 Å². The monoisotopic (exact) mass is 349 g/mol. The first-order valence-corrected chi connectivity index (χ1v) is 7.53. The van der Waals surface area contributed by atoms with Crippen molar-refractivity contribution in [3.8, 4) is 11.3 Å². The number of halogens is 2. The van der Waals surface area contributed by atoms with Crippen molar-refractivity contribution in [1.29, 1.82) is 0 Å². The molecule has 0 N–H and O–H groups in total. The first kappa shape index (κ1) is 13.6. The van der Waals surface area contributed by atoms with E-state index < -0.39 is 0 Å². The van der Waals surface area contributed by atoms with Crippen molar-refractivity contribution in [2.24, 2.45) is 0 Å². The van der Waals surface area contributed by atoms with Crippen LogP contribution in [0.15, 0.2) is 41.0 Å². The van der Waals surface area contributed by atoms with Crippen molar-refractivity contribution in [1.82, 2.24) is 14.6 Å². The first-order chi connectivity index (χ1) is 9.56. The molecule has 2 heterocycles. The number of rotatable bonds is 2. The van der Waals surface area contributed by atoms with Gasteiger partial charge in [-0.3, -0.25) is 0 Å². The summed E-state index contributed by atoms with van der Waals surface area (Å²) < 4.78 is 2.44. The minimum Gasteiger partial charge on any atom is -0.227 e. The van der Waals surface area contributed by atoms with Crippen LogP contribution in [0, 0.1) is 0 Å². The van der Waals surface area contributed by atoms with Crippen molar-refractivity contribution < 1.29 is 0 Å². The predicted octanol–water partition coefficient (Wildman–Crippen LogP) is 4.94. The number of hydrogen-bond acceptors (Lipinski definition) is 2. The van der Waals surface area contributed by atoms with E-state index in [9.17, 15) is 0 Å². The molecule has 3 rings (SSSR count). The molecule has 2 aromatic heterocycles. The lowest BCUT2D eigenvalue weighted by Gasteiger charge is -2.07. The van der Waals surface area contributed by atoms with Crippen molar-refractivity contribution in [3.05, 3.63) is 51.7 Å². The highest BCUT2D eigenvalue weighted by atomic mass is 79.9. The molecular formula is C15H13BrClN3. The molecule has 0 spiro atoms. The predicted molar refractivity (Wildman–Crippen MR) is 85.2 cm³/mol. The second kappa shape index (κ2) is 5.19. The number of benzene rings is 1. The fourth-order valence-corrected chi connectivity index (χ4v) is 2.66. The Bertz CT molecular complexity index is 763. The minimum absolute atomic E-state index is 0.520. The van der Waals surface area contributed by atoms with Crippen molar-refractivity contribution in [2.45, 2.75) is 19.8 Å². The molecule has 0 aliphatic rings. The van der Waals surface area contributed by atoms with Crippen LogP contribution in [0.2, 0.25) is 5.15 Å². The second-order valence-corrected chi connectivity index (χ2v) is 6.21. The molecule has 0 saturated heterocycles. The molecule has 1 aromatic carbocycles. The van der Waals surface area contributed by atoms with E-state index in [2.05, 4.69) is 64.1 Å². The zero-order valence-electron chi connectivity index (χ0n) is 11.1. The van der Waals surface area contributed by atoms with Gasteiger partial charge in [0, 0.05) is 11.6 Å². The highest BCUT2D eigenvalue weighted by molar-refractivity contribution is 9.10. The van der Waals surface area contributed by atoms with Gasteiger partial charge in [-0.25, -0.2) is 9.50 Å². The van der Waals surface area contributed by atoms with Crippen LogP contribution >= 0.6 is 27.5 Å². The molecule has 0 unspecified atom stereocenters. The molecule has 3 nitrogen and oxygen atoms in total. The van der Waals surface area contributed by atoms with E-state index in [4.69, 9.17) is 11.6 Å². The molecule has 0 aliphatic heterocycles. The zero-order valence-corrected chi connectivity index (χ0v) is 13.5. The third-order valence-corrected chi connectivity index (χ3v) is 4.09. The normalized spacial score (nSPS) is 11.4. The molecule has 0 atom stereocenters. The second-order valence-electron chi connectivity index (χ2n) is 4.97. The Hall–Kier alpha value is -1.39.